The van der Waals surface area contributed by atoms with Gasteiger partial charge < -0.3 is 0 Å². The van der Waals surface area contributed by atoms with Crippen molar-refractivity contribution in [1.82, 2.24) is 0 Å². The Morgan fingerprint density at radius 2 is 1.90 bits per heavy atom. The molecular formula is C8H18S2. The minimum absolute atomic E-state index is 0.802. The van der Waals surface area contributed by atoms with E-state index in [9.17, 15) is 0 Å². The largest absolute Gasteiger partial charge is 0.179 e. The third-order valence-corrected chi connectivity index (χ3v) is 2.76. The maximum atomic E-state index is 4.16. The van der Waals surface area contributed by atoms with Crippen molar-refractivity contribution in [2.24, 2.45) is 0 Å². The number of thiol groups is 1. The summed E-state index contributed by atoms with van der Waals surface area (Å²) in [6.07, 6.45) is 3.99. The maximum absolute atomic E-state index is 4.16. The molecule has 0 nitrogen and oxygen atoms in total. The molecule has 0 aromatic carbocycles. The van der Waals surface area contributed by atoms with Gasteiger partial charge in [0.15, 0.2) is 0 Å². The molecule has 0 bridgehead atoms. The second-order valence-electron chi connectivity index (χ2n) is 2.70. The summed E-state index contributed by atoms with van der Waals surface area (Å²) in [5.74, 6) is 2.37. The summed E-state index contributed by atoms with van der Waals surface area (Å²) in [5, 5.41) is 0.802. The first-order valence-electron chi connectivity index (χ1n) is 4.00. The SMILES string of the molecule is CC(C)SCCCCCS. The number of hydrogen-bond donors (Lipinski definition) is 1. The van der Waals surface area contributed by atoms with E-state index in [1.54, 1.807) is 0 Å². The molecule has 0 N–H and O–H groups in total. The number of thioether (sulfide) groups is 1. The van der Waals surface area contributed by atoms with E-state index in [0.717, 1.165) is 11.0 Å². The van der Waals surface area contributed by atoms with Crippen LogP contribution < -0.4 is 0 Å². The molecule has 62 valence electrons. The summed E-state index contributed by atoms with van der Waals surface area (Å²) in [4.78, 5) is 0. The van der Waals surface area contributed by atoms with Gasteiger partial charge in [-0.1, -0.05) is 20.3 Å². The normalized spacial score (nSPS) is 10.8. The van der Waals surface area contributed by atoms with Gasteiger partial charge in [0.05, 0.1) is 0 Å². The molecule has 0 atom stereocenters. The van der Waals surface area contributed by atoms with Gasteiger partial charge in [0.25, 0.3) is 0 Å². The highest BCUT2D eigenvalue weighted by Crippen LogP contribution is 2.12. The fourth-order valence-corrected chi connectivity index (χ4v) is 1.78. The van der Waals surface area contributed by atoms with E-state index in [0.29, 0.717) is 0 Å². The minimum atomic E-state index is 0.802. The average molecular weight is 178 g/mol. The molecular weight excluding hydrogens is 160 g/mol. The Labute approximate surface area is 74.6 Å². The zero-order valence-electron chi connectivity index (χ0n) is 6.97. The first kappa shape index (κ1) is 10.7. The third-order valence-electron chi connectivity index (χ3n) is 1.25. The lowest BCUT2D eigenvalue weighted by Gasteiger charge is -2.02. The first-order valence-corrected chi connectivity index (χ1v) is 5.68. The van der Waals surface area contributed by atoms with E-state index >= 15 is 0 Å². The molecule has 0 aromatic rings. The van der Waals surface area contributed by atoms with Crippen molar-refractivity contribution < 1.29 is 0 Å². The third kappa shape index (κ3) is 8.70. The molecule has 2 heteroatoms. The molecule has 0 saturated heterocycles. The Morgan fingerprint density at radius 3 is 2.40 bits per heavy atom. The van der Waals surface area contributed by atoms with Crippen LogP contribution in [-0.4, -0.2) is 16.8 Å². The van der Waals surface area contributed by atoms with Crippen LogP contribution in [0.5, 0.6) is 0 Å². The van der Waals surface area contributed by atoms with Crippen molar-refractivity contribution in [2.75, 3.05) is 11.5 Å². The van der Waals surface area contributed by atoms with E-state index in [-0.39, 0.29) is 0 Å². The fourth-order valence-electron chi connectivity index (χ4n) is 0.710. The van der Waals surface area contributed by atoms with Gasteiger partial charge in [-0.25, -0.2) is 0 Å². The van der Waals surface area contributed by atoms with Crippen LogP contribution in [0.25, 0.3) is 0 Å². The van der Waals surface area contributed by atoms with Gasteiger partial charge in [0.1, 0.15) is 0 Å². The van der Waals surface area contributed by atoms with Crippen molar-refractivity contribution in [2.45, 2.75) is 38.4 Å². The standard InChI is InChI=1S/C8H18S2/c1-8(2)10-7-5-3-4-6-9/h8-9H,3-7H2,1-2H3. The van der Waals surface area contributed by atoms with Crippen molar-refractivity contribution in [3.8, 4) is 0 Å². The van der Waals surface area contributed by atoms with Gasteiger partial charge in [0.2, 0.25) is 0 Å². The average Bonchev–Trinajstić information content (AvgIpc) is 1.87. The molecule has 0 spiro atoms. The van der Waals surface area contributed by atoms with Crippen LogP contribution in [-0.2, 0) is 0 Å². The molecule has 0 radical (unpaired) electrons. The van der Waals surface area contributed by atoms with Crippen LogP contribution in [0.1, 0.15) is 33.1 Å². The maximum Gasteiger partial charge on any atom is -0.000968 e. The van der Waals surface area contributed by atoms with Gasteiger partial charge in [0, 0.05) is 0 Å². The molecule has 0 aromatic heterocycles. The Morgan fingerprint density at radius 1 is 1.20 bits per heavy atom. The van der Waals surface area contributed by atoms with Gasteiger partial charge in [-0.3, -0.25) is 0 Å². The highest BCUT2D eigenvalue weighted by molar-refractivity contribution is 7.99. The summed E-state index contributed by atoms with van der Waals surface area (Å²) in [5.41, 5.74) is 0. The summed E-state index contributed by atoms with van der Waals surface area (Å²) < 4.78 is 0. The predicted molar refractivity (Wildman–Crippen MR) is 55.3 cm³/mol. The van der Waals surface area contributed by atoms with Gasteiger partial charge in [-0.15, -0.1) is 0 Å². The highest BCUT2D eigenvalue weighted by atomic mass is 32.2. The van der Waals surface area contributed by atoms with E-state index < -0.39 is 0 Å². The Balaban J connectivity index is 2.77. The van der Waals surface area contributed by atoms with Crippen molar-refractivity contribution >= 4 is 24.4 Å². The Kier molecular flexibility index (Phi) is 8.35. The number of hydrogen-bond acceptors (Lipinski definition) is 2. The second-order valence-corrected chi connectivity index (χ2v) is 4.84. The number of rotatable bonds is 6. The van der Waals surface area contributed by atoms with Gasteiger partial charge in [-0.2, -0.15) is 24.4 Å². The van der Waals surface area contributed by atoms with E-state index in [4.69, 9.17) is 0 Å². The quantitative estimate of drug-likeness (QED) is 0.481. The van der Waals surface area contributed by atoms with Crippen LogP contribution in [0, 0.1) is 0 Å². The summed E-state index contributed by atoms with van der Waals surface area (Å²) in [6, 6.07) is 0. The predicted octanol–water partition coefficient (Wildman–Crippen LogP) is 3.23. The highest BCUT2D eigenvalue weighted by Gasteiger charge is 1.92. The van der Waals surface area contributed by atoms with Crippen molar-refractivity contribution in [3.63, 3.8) is 0 Å². The lowest BCUT2D eigenvalue weighted by molar-refractivity contribution is 0.786. The van der Waals surface area contributed by atoms with Crippen molar-refractivity contribution in [1.29, 1.82) is 0 Å². The molecule has 0 rings (SSSR count). The zero-order chi connectivity index (χ0) is 7.82. The molecule has 0 aliphatic rings. The van der Waals surface area contributed by atoms with Crippen LogP contribution in [0.2, 0.25) is 0 Å². The second kappa shape index (κ2) is 7.80. The molecule has 0 saturated carbocycles. The molecule has 10 heavy (non-hydrogen) atoms. The molecule has 0 unspecified atom stereocenters. The number of unbranched alkanes of at least 4 members (excludes halogenated alkanes) is 2. The minimum Gasteiger partial charge on any atom is -0.179 e. The molecule has 0 fully saturated rings. The van der Waals surface area contributed by atoms with E-state index in [2.05, 4.69) is 38.2 Å². The Hall–Kier alpha value is 0.700. The molecule has 0 aliphatic carbocycles. The summed E-state index contributed by atoms with van der Waals surface area (Å²) >= 11 is 6.21. The monoisotopic (exact) mass is 178 g/mol. The Bertz CT molecular complexity index is 62.3. The van der Waals surface area contributed by atoms with Crippen LogP contribution in [0.15, 0.2) is 0 Å². The molecule has 0 aliphatic heterocycles. The van der Waals surface area contributed by atoms with Crippen LogP contribution >= 0.6 is 24.4 Å². The van der Waals surface area contributed by atoms with Crippen LogP contribution in [0.4, 0.5) is 0 Å². The summed E-state index contributed by atoms with van der Waals surface area (Å²) in [7, 11) is 0. The lowest BCUT2D eigenvalue weighted by atomic mass is 10.3. The van der Waals surface area contributed by atoms with Crippen LogP contribution in [0.3, 0.4) is 0 Å². The molecule has 0 heterocycles. The van der Waals surface area contributed by atoms with Gasteiger partial charge >= 0.3 is 0 Å². The van der Waals surface area contributed by atoms with Crippen molar-refractivity contribution in [3.05, 3.63) is 0 Å². The zero-order valence-corrected chi connectivity index (χ0v) is 8.68. The fraction of sp³-hybridized carbons (Fsp3) is 1.00. The van der Waals surface area contributed by atoms with E-state index in [1.807, 2.05) is 0 Å². The topological polar surface area (TPSA) is 0 Å². The summed E-state index contributed by atoms with van der Waals surface area (Å²) in [6.45, 7) is 4.51. The van der Waals surface area contributed by atoms with E-state index in [1.165, 1.54) is 25.0 Å². The first-order chi connectivity index (χ1) is 4.77. The van der Waals surface area contributed by atoms with Gasteiger partial charge in [-0.05, 0) is 29.6 Å². The lowest BCUT2D eigenvalue weighted by Crippen LogP contribution is -1.89. The molecule has 0 amide bonds. The smallest absolute Gasteiger partial charge is 0.000968 e.